The first-order chi connectivity index (χ1) is 6.70. The van der Waals surface area contributed by atoms with E-state index in [1.165, 1.54) is 0 Å². The Hall–Kier alpha value is 0.157. The van der Waals surface area contributed by atoms with Crippen molar-refractivity contribution in [3.05, 3.63) is 30.3 Å². The van der Waals surface area contributed by atoms with E-state index in [2.05, 4.69) is 23.0 Å². The molecule has 0 heterocycles. The number of hydrazone groups is 1. The van der Waals surface area contributed by atoms with Gasteiger partial charge in [0.1, 0.15) is 0 Å². The molecule has 0 amide bonds. The van der Waals surface area contributed by atoms with Crippen LogP contribution in [0.15, 0.2) is 35.4 Å². The second-order valence-corrected chi connectivity index (χ2v) is 3.31. The molecule has 0 aliphatic heterocycles. The van der Waals surface area contributed by atoms with E-state index in [1.54, 1.807) is 6.56 Å². The average molecular weight is 445 g/mol. The van der Waals surface area contributed by atoms with Gasteiger partial charge in [-0.25, -0.2) is 12.5 Å². The molecule has 1 rings (SSSR count). The van der Waals surface area contributed by atoms with Crippen LogP contribution in [0.25, 0.3) is 0 Å². The summed E-state index contributed by atoms with van der Waals surface area (Å²) in [5.41, 5.74) is 4.98. The fraction of sp³-hybridized carbons (Fsp3) is 0.300. The Labute approximate surface area is 122 Å². The number of anilines is 1. The van der Waals surface area contributed by atoms with Gasteiger partial charge < -0.3 is 0 Å². The van der Waals surface area contributed by atoms with E-state index in [0.717, 1.165) is 11.4 Å². The van der Waals surface area contributed by atoms with Crippen molar-refractivity contribution < 1.29 is 31.1 Å². The molecule has 1 N–H and O–H groups in total. The molecule has 2 nitrogen and oxygen atoms in total. The molecule has 0 spiro atoms. The molecule has 5 heteroatoms. The third-order valence-corrected chi connectivity index (χ3v) is 1.18. The van der Waals surface area contributed by atoms with E-state index in [-0.39, 0.29) is 31.1 Å². The van der Waals surface area contributed by atoms with Gasteiger partial charge in [0.25, 0.3) is 0 Å². The molecule has 0 bridgehead atoms. The number of hydrogen-bond acceptors (Lipinski definition) is 3. The van der Waals surface area contributed by atoms with Gasteiger partial charge in [0.05, 0.1) is 5.69 Å². The molecule has 15 heavy (non-hydrogen) atoms. The predicted octanol–water partition coefficient (Wildman–Crippen LogP) is 3.08. The minimum Gasteiger partial charge on any atom is -0.279 e. The quantitative estimate of drug-likeness (QED) is 0.311. The molecular weight excluding hydrogens is 429 g/mol. The van der Waals surface area contributed by atoms with Crippen LogP contribution in [0.2, 0.25) is 6.82 Å². The minimum atomic E-state index is 0. The normalized spacial score (nSPS) is 7.47. The number of hydrogen-bond donors (Lipinski definition) is 2. The Morgan fingerprint density at radius 2 is 1.73 bits per heavy atom. The molecule has 1 aromatic carbocycles. The van der Waals surface area contributed by atoms with Crippen molar-refractivity contribution in [2.75, 3.05) is 5.43 Å². The smallest absolute Gasteiger partial charge is 0.183 e. The van der Waals surface area contributed by atoms with Crippen LogP contribution < -0.4 is 5.43 Å². The molecular formula is C10H16BN2SU. The van der Waals surface area contributed by atoms with E-state index in [9.17, 15) is 0 Å². The predicted molar refractivity (Wildman–Crippen MR) is 69.5 cm³/mol. The van der Waals surface area contributed by atoms with Gasteiger partial charge in [0.15, 0.2) is 6.56 Å². The average Bonchev–Trinajstić information content (AvgIpc) is 2.18. The molecule has 0 aromatic heterocycles. The maximum absolute atomic E-state index is 4.06. The minimum absolute atomic E-state index is 0. The van der Waals surface area contributed by atoms with E-state index in [0.29, 0.717) is 0 Å². The van der Waals surface area contributed by atoms with Gasteiger partial charge in [-0.2, -0.15) is 5.10 Å². The standard InChI is InChI=1S/C9H12N2.CH4BS.U/c1-8(2)10-11-9-6-4-3-5-7-9;1-2-3;/h3-7,11H,1-2H3;3H,1H3;. The van der Waals surface area contributed by atoms with Crippen molar-refractivity contribution in [1.29, 1.82) is 0 Å². The second kappa shape index (κ2) is 12.2. The zero-order chi connectivity index (χ0) is 10.8. The Balaban J connectivity index is 0. The first-order valence-corrected chi connectivity index (χ1v) is 4.96. The molecule has 0 fully saturated rings. The third-order valence-electron chi connectivity index (χ3n) is 1.18. The third kappa shape index (κ3) is 12.1. The van der Waals surface area contributed by atoms with Gasteiger partial charge in [-0.15, -0.1) is 0 Å². The van der Waals surface area contributed by atoms with Crippen molar-refractivity contribution in [3.63, 3.8) is 0 Å². The summed E-state index contributed by atoms with van der Waals surface area (Å²) in [6.45, 7) is 7.47. The summed E-state index contributed by atoms with van der Waals surface area (Å²) in [4.78, 5) is 0. The van der Waals surface area contributed by atoms with Crippen LogP contribution in [0.5, 0.6) is 0 Å². The molecule has 1 radical (unpaired) electrons. The monoisotopic (exact) mass is 445 g/mol. The van der Waals surface area contributed by atoms with Crippen molar-refractivity contribution in [3.8, 4) is 0 Å². The fourth-order valence-electron chi connectivity index (χ4n) is 0.689. The van der Waals surface area contributed by atoms with Crippen LogP contribution in [0.4, 0.5) is 5.69 Å². The number of para-hydroxylation sites is 1. The van der Waals surface area contributed by atoms with Crippen molar-refractivity contribution in [2.45, 2.75) is 20.7 Å². The topological polar surface area (TPSA) is 24.4 Å². The van der Waals surface area contributed by atoms with Gasteiger partial charge in [-0.3, -0.25) is 5.43 Å². The Morgan fingerprint density at radius 1 is 1.27 bits per heavy atom. The summed E-state index contributed by atoms with van der Waals surface area (Å²) in [7, 11) is 0. The van der Waals surface area contributed by atoms with Gasteiger partial charge in [0.2, 0.25) is 0 Å². The second-order valence-electron chi connectivity index (χ2n) is 2.80. The Bertz CT molecular complexity index is 263. The number of benzene rings is 1. The zero-order valence-electron chi connectivity index (χ0n) is 9.36. The van der Waals surface area contributed by atoms with Gasteiger partial charge >= 0.3 is 0 Å². The molecule has 0 saturated carbocycles. The van der Waals surface area contributed by atoms with E-state index in [4.69, 9.17) is 0 Å². The Morgan fingerprint density at radius 3 is 2.13 bits per heavy atom. The number of nitrogens with zero attached hydrogens (tertiary/aromatic N) is 1. The van der Waals surface area contributed by atoms with Gasteiger partial charge in [-0.1, -0.05) is 25.0 Å². The van der Waals surface area contributed by atoms with E-state index >= 15 is 0 Å². The van der Waals surface area contributed by atoms with Crippen molar-refractivity contribution in [1.82, 2.24) is 0 Å². The maximum atomic E-state index is 4.06. The van der Waals surface area contributed by atoms with Crippen molar-refractivity contribution >= 4 is 30.4 Å². The molecule has 0 unspecified atom stereocenters. The van der Waals surface area contributed by atoms with Crippen molar-refractivity contribution in [2.24, 2.45) is 5.10 Å². The van der Waals surface area contributed by atoms with E-state index in [1.807, 2.05) is 51.0 Å². The maximum Gasteiger partial charge on any atom is 0.183 e. The number of thiol groups is 1. The molecule has 0 saturated heterocycles. The molecule has 0 atom stereocenters. The van der Waals surface area contributed by atoms with Crippen LogP contribution >= 0.6 is 12.5 Å². The van der Waals surface area contributed by atoms with Gasteiger partial charge in [-0.05, 0) is 26.0 Å². The van der Waals surface area contributed by atoms with Crippen LogP contribution in [0, 0.1) is 31.1 Å². The summed E-state index contributed by atoms with van der Waals surface area (Å²) in [6, 6.07) is 9.89. The summed E-state index contributed by atoms with van der Waals surface area (Å²) >= 11 is 3.66. The summed E-state index contributed by atoms with van der Waals surface area (Å²) in [6.07, 6.45) is 0. The summed E-state index contributed by atoms with van der Waals surface area (Å²) < 4.78 is 0. The van der Waals surface area contributed by atoms with Gasteiger partial charge in [0, 0.05) is 36.8 Å². The van der Waals surface area contributed by atoms with Crippen LogP contribution in [0.1, 0.15) is 13.8 Å². The van der Waals surface area contributed by atoms with Crippen LogP contribution in [0.3, 0.4) is 0 Å². The molecule has 1 aromatic rings. The van der Waals surface area contributed by atoms with Crippen LogP contribution in [-0.2, 0) is 0 Å². The fourth-order valence-corrected chi connectivity index (χ4v) is 0.689. The van der Waals surface area contributed by atoms with E-state index < -0.39 is 0 Å². The zero-order valence-corrected chi connectivity index (χ0v) is 14.4. The molecule has 0 aliphatic rings. The largest absolute Gasteiger partial charge is 0.279 e. The molecule has 79 valence electrons. The summed E-state index contributed by atoms with van der Waals surface area (Å²) in [5.74, 6) is 0. The first kappa shape index (κ1) is 17.5. The number of rotatable bonds is 2. The SMILES string of the molecule is CC(C)=NNc1ccccc1.C[B]S.[U]. The van der Waals surface area contributed by atoms with Crippen LogP contribution in [-0.4, -0.2) is 12.3 Å². The summed E-state index contributed by atoms with van der Waals surface area (Å²) in [5, 5.41) is 4.06. The molecule has 0 aliphatic carbocycles. The first-order valence-electron chi connectivity index (χ1n) is 4.44. The number of nitrogens with one attached hydrogen (secondary N) is 1. The Kier molecular flexibility index (Phi) is 14.3.